The number of carboxylic acids is 1. The zero-order chi connectivity index (χ0) is 14.2. The molecular weight excluding hydrogens is 388 g/mol. The minimum absolute atomic E-state index is 0.121. The molecule has 0 aromatic heterocycles. The number of fused-ring (bicyclic) bond motifs is 1. The smallest absolute Gasteiger partial charge is 0.308 e. The molecule has 8 heteroatoms. The van der Waals surface area contributed by atoms with Gasteiger partial charge in [0.1, 0.15) is 11.7 Å². The number of carbonyl (C=O) groups is 2. The van der Waals surface area contributed by atoms with Crippen molar-refractivity contribution in [1.29, 1.82) is 0 Å². The fraction of sp³-hybridized carbons (Fsp3) is 0.273. The van der Waals surface area contributed by atoms with Gasteiger partial charge in [0.2, 0.25) is 9.52 Å². The van der Waals surface area contributed by atoms with Crippen molar-refractivity contribution in [2.45, 2.75) is 16.4 Å². The molecule has 0 aliphatic carbocycles. The van der Waals surface area contributed by atoms with Gasteiger partial charge in [-0.2, -0.15) is 0 Å². The van der Waals surface area contributed by atoms with E-state index < -0.39 is 21.5 Å². The van der Waals surface area contributed by atoms with Crippen LogP contribution in [0.4, 0.5) is 0 Å². The maximum Gasteiger partial charge on any atom is 0.308 e. The van der Waals surface area contributed by atoms with Crippen molar-refractivity contribution in [2.24, 2.45) is 0 Å². The van der Waals surface area contributed by atoms with E-state index in [4.69, 9.17) is 14.2 Å². The number of aliphatic carboxylic acids is 1. The summed E-state index contributed by atoms with van der Waals surface area (Å²) in [6.07, 6.45) is 0. The summed E-state index contributed by atoms with van der Waals surface area (Å²) in [5.41, 5.74) is 0. The van der Waals surface area contributed by atoms with Gasteiger partial charge in [-0.1, -0.05) is 0 Å². The van der Waals surface area contributed by atoms with E-state index in [1.54, 1.807) is 0 Å². The Labute approximate surface area is 124 Å². The lowest BCUT2D eigenvalue weighted by Gasteiger charge is -2.38. The van der Waals surface area contributed by atoms with Crippen molar-refractivity contribution in [3.63, 3.8) is 0 Å². The predicted molar refractivity (Wildman–Crippen MR) is 68.4 cm³/mol. The molecule has 2 unspecified atom stereocenters. The number of hydrogen-bond acceptors (Lipinski definition) is 6. The highest BCUT2D eigenvalue weighted by molar-refractivity contribution is 9.12. The lowest BCUT2D eigenvalue weighted by Crippen LogP contribution is -2.57. The Morgan fingerprint density at radius 1 is 1.42 bits per heavy atom. The second-order valence-corrected chi connectivity index (χ2v) is 5.68. The van der Waals surface area contributed by atoms with Crippen LogP contribution in [0.1, 0.15) is 6.92 Å². The summed E-state index contributed by atoms with van der Waals surface area (Å²) in [4.78, 5) is 21.9. The minimum Gasteiger partial charge on any atom is -0.545 e. The van der Waals surface area contributed by atoms with Crippen LogP contribution in [0.25, 0.3) is 0 Å². The Hall–Kier alpha value is -1.28. The van der Waals surface area contributed by atoms with Crippen molar-refractivity contribution in [3.05, 3.63) is 18.2 Å². The molecule has 2 atom stereocenters. The molecule has 19 heavy (non-hydrogen) atoms. The molecule has 0 saturated carbocycles. The van der Waals surface area contributed by atoms with Crippen molar-refractivity contribution in [2.75, 3.05) is 0 Å². The number of ether oxygens (including phenoxy) is 3. The van der Waals surface area contributed by atoms with E-state index in [9.17, 15) is 14.7 Å². The Balaban J connectivity index is 2.36. The molecule has 0 spiro atoms. The first-order valence-electron chi connectivity index (χ1n) is 5.05. The summed E-state index contributed by atoms with van der Waals surface area (Å²) in [6, 6.07) is 4.36. The summed E-state index contributed by atoms with van der Waals surface area (Å²) in [5.74, 6) is -1.35. The van der Waals surface area contributed by atoms with E-state index in [1.807, 2.05) is 0 Å². The first-order valence-corrected chi connectivity index (χ1v) is 6.76. The number of hydrogen-bond donors (Lipinski definition) is 0. The van der Waals surface area contributed by atoms with Gasteiger partial charge in [0, 0.05) is 13.0 Å². The van der Waals surface area contributed by atoms with Crippen LogP contribution in [-0.2, 0) is 9.59 Å². The van der Waals surface area contributed by atoms with E-state index in [0.29, 0.717) is 5.75 Å². The van der Waals surface area contributed by atoms with Crippen LogP contribution < -0.4 is 19.3 Å². The fourth-order valence-corrected chi connectivity index (χ4v) is 2.17. The molecule has 1 heterocycles. The van der Waals surface area contributed by atoms with Gasteiger partial charge in [-0.05, 0) is 44.0 Å². The zero-order valence-electron chi connectivity index (χ0n) is 9.51. The molecule has 1 aromatic rings. The third-order valence-corrected chi connectivity index (χ3v) is 4.58. The van der Waals surface area contributed by atoms with Gasteiger partial charge >= 0.3 is 5.97 Å². The molecule has 0 N–H and O–H groups in total. The third kappa shape index (κ3) is 2.69. The second-order valence-electron chi connectivity index (χ2n) is 3.67. The Morgan fingerprint density at radius 2 is 2.11 bits per heavy atom. The van der Waals surface area contributed by atoms with E-state index in [2.05, 4.69) is 31.9 Å². The molecule has 1 aliphatic heterocycles. The number of alkyl halides is 2. The second kappa shape index (κ2) is 5.01. The molecule has 2 rings (SSSR count). The number of carboxylic acid groups (broad SMARTS) is 1. The van der Waals surface area contributed by atoms with Gasteiger partial charge in [0.05, 0.1) is 0 Å². The first-order chi connectivity index (χ1) is 8.83. The Kier molecular flexibility index (Phi) is 3.73. The molecule has 1 aliphatic rings. The van der Waals surface area contributed by atoms with Crippen LogP contribution in [0.3, 0.4) is 0 Å². The molecule has 0 bridgehead atoms. The molecule has 102 valence electrons. The topological polar surface area (TPSA) is 84.9 Å². The van der Waals surface area contributed by atoms with E-state index >= 15 is 0 Å². The van der Waals surface area contributed by atoms with Gasteiger partial charge in [-0.3, -0.25) is 4.79 Å². The van der Waals surface area contributed by atoms with Gasteiger partial charge in [0.15, 0.2) is 11.5 Å². The molecular formula is C11H7Br2O6-. The van der Waals surface area contributed by atoms with Crippen LogP contribution in [-0.4, -0.2) is 21.5 Å². The third-order valence-electron chi connectivity index (χ3n) is 2.24. The van der Waals surface area contributed by atoms with Crippen molar-refractivity contribution in [3.8, 4) is 17.2 Å². The molecule has 6 nitrogen and oxygen atoms in total. The number of carbonyl (C=O) groups excluding carboxylic acids is 2. The van der Waals surface area contributed by atoms with Gasteiger partial charge in [0.25, 0.3) is 0 Å². The quantitative estimate of drug-likeness (QED) is 0.421. The Morgan fingerprint density at radius 3 is 2.68 bits per heavy atom. The van der Waals surface area contributed by atoms with Crippen molar-refractivity contribution >= 4 is 43.8 Å². The molecule has 0 saturated heterocycles. The van der Waals surface area contributed by atoms with Crippen LogP contribution in [0.5, 0.6) is 17.2 Å². The first kappa shape index (κ1) is 14.1. The van der Waals surface area contributed by atoms with Crippen LogP contribution in [0, 0.1) is 0 Å². The number of benzene rings is 1. The maximum atomic E-state index is 11.1. The summed E-state index contributed by atoms with van der Waals surface area (Å²) in [5, 5.41) is 10.1. The molecule has 0 fully saturated rings. The largest absolute Gasteiger partial charge is 0.545 e. The highest BCUT2D eigenvalue weighted by Gasteiger charge is 2.45. The SMILES string of the molecule is CC(=O)Oc1ccc2c(c1)OC(Br)(C(=O)[O-])C(Br)O2. The zero-order valence-corrected chi connectivity index (χ0v) is 12.7. The summed E-state index contributed by atoms with van der Waals surface area (Å²) < 4.78 is 13.7. The van der Waals surface area contributed by atoms with Gasteiger partial charge in [-0.25, -0.2) is 0 Å². The molecule has 0 radical (unpaired) electrons. The highest BCUT2D eigenvalue weighted by atomic mass is 79.9. The van der Waals surface area contributed by atoms with E-state index in [1.165, 1.54) is 25.1 Å². The van der Waals surface area contributed by atoms with Crippen molar-refractivity contribution < 1.29 is 28.9 Å². The fourth-order valence-electron chi connectivity index (χ4n) is 1.42. The average molecular weight is 395 g/mol. The van der Waals surface area contributed by atoms with Crippen LogP contribution in [0.2, 0.25) is 0 Å². The van der Waals surface area contributed by atoms with Gasteiger partial charge in [-0.15, -0.1) is 0 Å². The normalized spacial score (nSPS) is 24.7. The average Bonchev–Trinajstić information content (AvgIpc) is 2.30. The predicted octanol–water partition coefficient (Wildman–Crippen LogP) is 0.945. The van der Waals surface area contributed by atoms with E-state index in [0.717, 1.165) is 0 Å². The standard InChI is InChI=1S/C11H8Br2O6/c1-5(14)17-6-2-3-7-8(4-6)19-11(13,10(15)16)9(12)18-7/h2-4,9H,1H3,(H,15,16)/p-1. The van der Waals surface area contributed by atoms with Crippen LogP contribution >= 0.6 is 31.9 Å². The number of halogens is 2. The summed E-state index contributed by atoms with van der Waals surface area (Å²) in [7, 11) is 0. The van der Waals surface area contributed by atoms with E-state index in [-0.39, 0.29) is 11.5 Å². The number of esters is 1. The van der Waals surface area contributed by atoms with Crippen LogP contribution in [0.15, 0.2) is 18.2 Å². The van der Waals surface area contributed by atoms with Gasteiger partial charge < -0.3 is 24.1 Å². The monoisotopic (exact) mass is 393 g/mol. The molecule has 0 amide bonds. The van der Waals surface area contributed by atoms with Crippen molar-refractivity contribution in [1.82, 2.24) is 0 Å². The maximum absolute atomic E-state index is 11.1. The minimum atomic E-state index is -1.87. The lowest BCUT2D eigenvalue weighted by molar-refractivity contribution is -0.317. The lowest BCUT2D eigenvalue weighted by atomic mass is 10.2. The highest BCUT2D eigenvalue weighted by Crippen LogP contribution is 2.44. The molecule has 1 aromatic carbocycles. The Bertz CT molecular complexity index is 546. The number of rotatable bonds is 2. The summed E-state index contributed by atoms with van der Waals surface area (Å²) >= 11 is 5.95. The summed E-state index contributed by atoms with van der Waals surface area (Å²) in [6.45, 7) is 1.25.